The van der Waals surface area contributed by atoms with Gasteiger partial charge in [-0.15, -0.1) is 0 Å². The first-order valence-corrected chi connectivity index (χ1v) is 4.40. The number of aromatic hydroxyl groups is 1. The number of nitrogens with zero attached hydrogens (tertiary/aromatic N) is 2. The van der Waals surface area contributed by atoms with Crippen molar-refractivity contribution in [1.82, 2.24) is 9.97 Å². The minimum atomic E-state index is -1.23. The molecular formula is C10H8N2O4. The van der Waals surface area contributed by atoms with Gasteiger partial charge >= 0.3 is 5.97 Å². The summed E-state index contributed by atoms with van der Waals surface area (Å²) in [4.78, 5) is 18.3. The van der Waals surface area contributed by atoms with Gasteiger partial charge in [0.05, 0.1) is 18.0 Å². The monoisotopic (exact) mass is 220 g/mol. The van der Waals surface area contributed by atoms with E-state index in [0.29, 0.717) is 10.9 Å². The zero-order chi connectivity index (χ0) is 11.7. The Morgan fingerprint density at radius 2 is 2.12 bits per heavy atom. The summed E-state index contributed by atoms with van der Waals surface area (Å²) in [5.74, 6) is -1.40. The van der Waals surface area contributed by atoms with Gasteiger partial charge in [0.25, 0.3) is 0 Å². The molecule has 0 aliphatic carbocycles. The van der Waals surface area contributed by atoms with Crippen LogP contribution in [0.2, 0.25) is 0 Å². The van der Waals surface area contributed by atoms with Crippen molar-refractivity contribution in [2.75, 3.05) is 7.11 Å². The number of aromatic carboxylic acids is 1. The normalized spacial score (nSPS) is 10.3. The molecule has 2 aromatic rings. The molecule has 16 heavy (non-hydrogen) atoms. The van der Waals surface area contributed by atoms with E-state index >= 15 is 0 Å². The molecule has 0 aliphatic heterocycles. The Hall–Kier alpha value is -2.37. The van der Waals surface area contributed by atoms with Gasteiger partial charge in [0, 0.05) is 0 Å². The van der Waals surface area contributed by atoms with Crippen LogP contribution in [0.3, 0.4) is 0 Å². The van der Waals surface area contributed by atoms with Crippen LogP contribution >= 0.6 is 0 Å². The third kappa shape index (κ3) is 1.60. The lowest BCUT2D eigenvalue weighted by molar-refractivity contribution is 0.0683. The number of methoxy groups -OCH3 is 1. The number of aromatic nitrogens is 2. The standard InChI is InChI=1S/C10H8N2O4/c1-16-9-6-4-5(13)2-3-7(6)11-8(12-9)10(14)15/h2-4,13H,1H3,(H,14,15). The fourth-order valence-corrected chi connectivity index (χ4v) is 1.34. The number of benzene rings is 1. The van der Waals surface area contributed by atoms with E-state index in [9.17, 15) is 9.90 Å². The summed E-state index contributed by atoms with van der Waals surface area (Å²) in [7, 11) is 1.37. The molecule has 0 radical (unpaired) electrons. The summed E-state index contributed by atoms with van der Waals surface area (Å²) in [5, 5.41) is 18.6. The van der Waals surface area contributed by atoms with Crippen LogP contribution in [0.1, 0.15) is 10.6 Å². The number of fused-ring (bicyclic) bond motifs is 1. The Kier molecular flexibility index (Phi) is 2.32. The van der Waals surface area contributed by atoms with Crippen LogP contribution in [-0.2, 0) is 0 Å². The van der Waals surface area contributed by atoms with Crippen molar-refractivity contribution in [3.8, 4) is 11.6 Å². The fourth-order valence-electron chi connectivity index (χ4n) is 1.34. The van der Waals surface area contributed by atoms with E-state index < -0.39 is 5.97 Å². The van der Waals surface area contributed by atoms with Crippen molar-refractivity contribution in [1.29, 1.82) is 0 Å². The van der Waals surface area contributed by atoms with Gasteiger partial charge in [0.15, 0.2) is 0 Å². The quantitative estimate of drug-likeness (QED) is 0.785. The Labute approximate surface area is 90.1 Å². The third-order valence-electron chi connectivity index (χ3n) is 2.03. The molecule has 0 fully saturated rings. The van der Waals surface area contributed by atoms with Crippen molar-refractivity contribution in [2.45, 2.75) is 0 Å². The molecule has 6 heteroatoms. The Bertz CT molecular complexity index is 568. The number of phenols is 1. The Balaban J connectivity index is 2.78. The lowest BCUT2D eigenvalue weighted by atomic mass is 10.2. The maximum Gasteiger partial charge on any atom is 0.374 e. The molecule has 0 unspecified atom stereocenters. The second-order valence-corrected chi connectivity index (χ2v) is 3.06. The van der Waals surface area contributed by atoms with Crippen LogP contribution in [0.5, 0.6) is 11.6 Å². The van der Waals surface area contributed by atoms with Crippen LogP contribution in [0.15, 0.2) is 18.2 Å². The molecule has 0 bridgehead atoms. The van der Waals surface area contributed by atoms with Gasteiger partial charge in [0.2, 0.25) is 11.7 Å². The molecule has 2 rings (SSSR count). The molecule has 1 aromatic heterocycles. The molecule has 0 saturated heterocycles. The summed E-state index contributed by atoms with van der Waals surface area (Å²) in [6, 6.07) is 4.33. The maximum atomic E-state index is 10.7. The Morgan fingerprint density at radius 1 is 1.38 bits per heavy atom. The Morgan fingerprint density at radius 3 is 2.75 bits per heavy atom. The van der Waals surface area contributed by atoms with Crippen LogP contribution in [0, 0.1) is 0 Å². The van der Waals surface area contributed by atoms with Crippen molar-refractivity contribution >= 4 is 16.9 Å². The predicted molar refractivity (Wildman–Crippen MR) is 54.7 cm³/mol. The average Bonchev–Trinajstić information content (AvgIpc) is 2.27. The van der Waals surface area contributed by atoms with E-state index in [1.807, 2.05) is 0 Å². The summed E-state index contributed by atoms with van der Waals surface area (Å²) in [6.45, 7) is 0. The van der Waals surface area contributed by atoms with Crippen LogP contribution in [0.4, 0.5) is 0 Å². The smallest absolute Gasteiger partial charge is 0.374 e. The molecule has 0 atom stereocenters. The number of phenolic OH excluding ortho intramolecular Hbond substituents is 1. The molecule has 1 aromatic carbocycles. The largest absolute Gasteiger partial charge is 0.508 e. The van der Waals surface area contributed by atoms with Crippen LogP contribution < -0.4 is 4.74 Å². The van der Waals surface area contributed by atoms with Crippen molar-refractivity contribution < 1.29 is 19.7 Å². The van der Waals surface area contributed by atoms with Crippen LogP contribution in [0.25, 0.3) is 10.9 Å². The molecular weight excluding hydrogens is 212 g/mol. The first kappa shape index (κ1) is 10.2. The number of rotatable bonds is 2. The summed E-state index contributed by atoms with van der Waals surface area (Å²) in [6.07, 6.45) is 0. The van der Waals surface area contributed by atoms with E-state index in [4.69, 9.17) is 9.84 Å². The molecule has 0 amide bonds. The zero-order valence-electron chi connectivity index (χ0n) is 8.34. The van der Waals surface area contributed by atoms with Gasteiger partial charge < -0.3 is 14.9 Å². The molecule has 2 N–H and O–H groups in total. The zero-order valence-corrected chi connectivity index (χ0v) is 8.34. The lowest BCUT2D eigenvalue weighted by Crippen LogP contribution is -2.05. The minimum absolute atomic E-state index is 0.0393. The van der Waals surface area contributed by atoms with Gasteiger partial charge in [-0.2, -0.15) is 4.98 Å². The summed E-state index contributed by atoms with van der Waals surface area (Å²) >= 11 is 0. The van der Waals surface area contributed by atoms with E-state index in [2.05, 4.69) is 9.97 Å². The molecule has 0 saturated carbocycles. The van der Waals surface area contributed by atoms with E-state index in [1.165, 1.54) is 25.3 Å². The number of hydrogen-bond donors (Lipinski definition) is 2. The SMILES string of the molecule is COc1nc(C(=O)O)nc2ccc(O)cc12. The number of carboxylic acids is 1. The van der Waals surface area contributed by atoms with E-state index in [1.54, 1.807) is 0 Å². The minimum Gasteiger partial charge on any atom is -0.508 e. The number of carbonyl (C=O) groups is 1. The molecule has 1 heterocycles. The van der Waals surface area contributed by atoms with Crippen molar-refractivity contribution in [2.24, 2.45) is 0 Å². The van der Waals surface area contributed by atoms with Gasteiger partial charge in [-0.05, 0) is 18.2 Å². The first-order valence-electron chi connectivity index (χ1n) is 4.40. The molecule has 82 valence electrons. The number of hydrogen-bond acceptors (Lipinski definition) is 5. The van der Waals surface area contributed by atoms with Gasteiger partial charge in [0.1, 0.15) is 5.75 Å². The third-order valence-corrected chi connectivity index (χ3v) is 2.03. The van der Waals surface area contributed by atoms with E-state index in [0.717, 1.165) is 0 Å². The number of ether oxygens (including phenoxy) is 1. The average molecular weight is 220 g/mol. The van der Waals surface area contributed by atoms with E-state index in [-0.39, 0.29) is 17.5 Å². The second kappa shape index (κ2) is 3.65. The summed E-state index contributed by atoms with van der Waals surface area (Å²) in [5.41, 5.74) is 0.405. The lowest BCUT2D eigenvalue weighted by Gasteiger charge is -2.05. The van der Waals surface area contributed by atoms with Gasteiger partial charge in [-0.3, -0.25) is 0 Å². The first-order chi connectivity index (χ1) is 7.61. The highest BCUT2D eigenvalue weighted by molar-refractivity contribution is 5.90. The summed E-state index contributed by atoms with van der Waals surface area (Å²) < 4.78 is 4.95. The molecule has 6 nitrogen and oxygen atoms in total. The van der Waals surface area contributed by atoms with Crippen molar-refractivity contribution in [3.63, 3.8) is 0 Å². The second-order valence-electron chi connectivity index (χ2n) is 3.06. The topological polar surface area (TPSA) is 92.5 Å². The van der Waals surface area contributed by atoms with Gasteiger partial charge in [-0.25, -0.2) is 9.78 Å². The molecule has 0 spiro atoms. The highest BCUT2D eigenvalue weighted by atomic mass is 16.5. The molecule has 0 aliphatic rings. The van der Waals surface area contributed by atoms with Gasteiger partial charge in [-0.1, -0.05) is 0 Å². The maximum absolute atomic E-state index is 10.7. The fraction of sp³-hybridized carbons (Fsp3) is 0.100. The predicted octanol–water partition coefficient (Wildman–Crippen LogP) is 1.04. The highest BCUT2D eigenvalue weighted by Gasteiger charge is 2.13. The van der Waals surface area contributed by atoms with Crippen LogP contribution in [-0.4, -0.2) is 33.3 Å². The highest BCUT2D eigenvalue weighted by Crippen LogP contribution is 2.25. The van der Waals surface area contributed by atoms with Crippen molar-refractivity contribution in [3.05, 3.63) is 24.0 Å². The number of carboxylic acid groups (broad SMARTS) is 1.